The summed E-state index contributed by atoms with van der Waals surface area (Å²) >= 11 is 0. The molecule has 2 aromatic rings. The van der Waals surface area contributed by atoms with Crippen LogP contribution in [0.5, 0.6) is 0 Å². The van der Waals surface area contributed by atoms with Crippen LogP contribution < -0.4 is 15.5 Å². The van der Waals surface area contributed by atoms with Gasteiger partial charge in [-0.25, -0.2) is 9.97 Å². The molecule has 4 rings (SSSR count). The minimum atomic E-state index is -4.13. The highest BCUT2D eigenvalue weighted by molar-refractivity contribution is 5.46. The first kappa shape index (κ1) is 31.1. The van der Waals surface area contributed by atoms with Gasteiger partial charge in [-0.3, -0.25) is 19.9 Å². The van der Waals surface area contributed by atoms with Crippen LogP contribution in [-0.4, -0.2) is 102 Å². The van der Waals surface area contributed by atoms with Crippen LogP contribution in [0.3, 0.4) is 0 Å². The average molecular weight is 579 g/mol. The number of piperazine rings is 2. The van der Waals surface area contributed by atoms with E-state index in [0.29, 0.717) is 63.9 Å². The maximum absolute atomic E-state index is 12.2. The zero-order valence-electron chi connectivity index (χ0n) is 21.7. The molecule has 10 nitrogen and oxygen atoms in total. The van der Waals surface area contributed by atoms with Crippen molar-refractivity contribution in [3.63, 3.8) is 0 Å². The number of nitrogens with two attached hydrogens (primary N) is 1. The number of rotatable bonds is 7. The Morgan fingerprint density at radius 2 is 1.15 bits per heavy atom. The third-order valence-electron chi connectivity index (χ3n) is 6.53. The molecule has 0 aliphatic carbocycles. The summed E-state index contributed by atoms with van der Waals surface area (Å²) in [4.78, 5) is 25.8. The first-order chi connectivity index (χ1) is 18.8. The summed E-state index contributed by atoms with van der Waals surface area (Å²) in [5.74, 6) is 1.43. The van der Waals surface area contributed by atoms with Gasteiger partial charge in [-0.15, -0.1) is 0 Å². The van der Waals surface area contributed by atoms with E-state index in [1.807, 2.05) is 15.9 Å². The van der Waals surface area contributed by atoms with Gasteiger partial charge in [0, 0.05) is 71.5 Å². The van der Waals surface area contributed by atoms with Gasteiger partial charge in [-0.1, -0.05) is 0 Å². The minimum absolute atomic E-state index is 0.00499. The molecule has 0 saturated carbocycles. The van der Waals surface area contributed by atoms with Crippen molar-refractivity contribution >= 4 is 23.0 Å². The van der Waals surface area contributed by atoms with Crippen LogP contribution in [0.2, 0.25) is 0 Å². The molecule has 0 atom stereocenters. The van der Waals surface area contributed by atoms with Crippen molar-refractivity contribution in [2.45, 2.75) is 25.2 Å². The summed E-state index contributed by atoms with van der Waals surface area (Å²) in [7, 11) is 0. The SMILES string of the molecule is Nc1ccc(N2CCN(CCC(F)(F)F)CC2)nc1.O=[N+]([O-])c1ccc(N2CCN(CCC(F)(F)F)CC2)nc1. The highest BCUT2D eigenvalue weighted by Crippen LogP contribution is 2.22. The second-order valence-corrected chi connectivity index (χ2v) is 9.47. The zero-order chi connectivity index (χ0) is 29.3. The van der Waals surface area contributed by atoms with E-state index in [-0.39, 0.29) is 18.8 Å². The lowest BCUT2D eigenvalue weighted by Gasteiger charge is -2.35. The van der Waals surface area contributed by atoms with Crippen molar-refractivity contribution in [3.8, 4) is 0 Å². The molecule has 0 amide bonds. The summed E-state index contributed by atoms with van der Waals surface area (Å²) in [6.45, 7) is 4.88. The molecule has 2 aromatic heterocycles. The largest absolute Gasteiger partial charge is 0.397 e. The number of nitrogen functional groups attached to an aromatic ring is 1. The predicted octanol–water partition coefficient (Wildman–Crippen LogP) is 3.80. The van der Waals surface area contributed by atoms with Gasteiger partial charge in [0.1, 0.15) is 17.8 Å². The molecule has 2 fully saturated rings. The first-order valence-corrected chi connectivity index (χ1v) is 12.7. The van der Waals surface area contributed by atoms with Gasteiger partial charge in [-0.05, 0) is 18.2 Å². The van der Waals surface area contributed by atoms with Crippen LogP contribution >= 0.6 is 0 Å². The molecular weight excluding hydrogens is 546 g/mol. The monoisotopic (exact) mass is 578 g/mol. The Labute approximate surface area is 227 Å². The number of anilines is 3. The average Bonchev–Trinajstić information content (AvgIpc) is 2.91. The van der Waals surface area contributed by atoms with E-state index in [1.54, 1.807) is 23.2 Å². The fourth-order valence-corrected chi connectivity index (χ4v) is 4.23. The van der Waals surface area contributed by atoms with Gasteiger partial charge in [0.2, 0.25) is 0 Å². The molecular formula is C24H32F6N8O2. The highest BCUT2D eigenvalue weighted by atomic mass is 19.4. The molecule has 0 unspecified atom stereocenters. The molecule has 4 heterocycles. The van der Waals surface area contributed by atoms with Crippen LogP contribution in [0.4, 0.5) is 49.4 Å². The summed E-state index contributed by atoms with van der Waals surface area (Å²) < 4.78 is 72.9. The topological polar surface area (TPSA) is 108 Å². The maximum atomic E-state index is 12.2. The molecule has 222 valence electrons. The van der Waals surface area contributed by atoms with Crippen LogP contribution in [-0.2, 0) is 0 Å². The lowest BCUT2D eigenvalue weighted by molar-refractivity contribution is -0.385. The molecule has 2 aliphatic rings. The Bertz CT molecular complexity index is 1050. The number of hydrogen-bond donors (Lipinski definition) is 1. The van der Waals surface area contributed by atoms with Crippen molar-refractivity contribution in [2.75, 3.05) is 81.0 Å². The van der Waals surface area contributed by atoms with Crippen molar-refractivity contribution in [1.29, 1.82) is 0 Å². The smallest absolute Gasteiger partial charge is 0.390 e. The predicted molar refractivity (Wildman–Crippen MR) is 138 cm³/mol. The van der Waals surface area contributed by atoms with Crippen molar-refractivity contribution in [3.05, 3.63) is 46.8 Å². The minimum Gasteiger partial charge on any atom is -0.397 e. The molecule has 16 heteroatoms. The Morgan fingerprint density at radius 3 is 1.48 bits per heavy atom. The number of hydrogen-bond acceptors (Lipinski definition) is 9. The number of nitrogens with zero attached hydrogens (tertiary/aromatic N) is 7. The molecule has 0 aromatic carbocycles. The van der Waals surface area contributed by atoms with Crippen molar-refractivity contribution < 1.29 is 31.3 Å². The Kier molecular flexibility index (Phi) is 10.7. The Hall–Kier alpha value is -3.40. The highest BCUT2D eigenvalue weighted by Gasteiger charge is 2.30. The zero-order valence-corrected chi connectivity index (χ0v) is 21.7. The number of pyridine rings is 2. The standard InChI is InChI=1S/C12H15F3N4O2.C12H17F3N4/c13-12(14,15)3-4-17-5-7-18(8-6-17)11-2-1-10(9-16-11)19(20)21;13-12(14,15)3-4-18-5-7-19(8-6-18)11-2-1-10(16)9-17-11/h1-2,9H,3-8H2;1-2,9H,3-8,16H2. The van der Waals surface area contributed by atoms with Gasteiger partial charge in [-0.2, -0.15) is 26.3 Å². The van der Waals surface area contributed by atoms with E-state index < -0.39 is 30.1 Å². The summed E-state index contributed by atoms with van der Waals surface area (Å²) in [5.41, 5.74) is 6.09. The summed E-state index contributed by atoms with van der Waals surface area (Å²) in [6.07, 6.45) is -6.97. The lowest BCUT2D eigenvalue weighted by atomic mass is 10.2. The second kappa shape index (κ2) is 13.8. The normalized spacial score (nSPS) is 17.4. The summed E-state index contributed by atoms with van der Waals surface area (Å²) in [6, 6.07) is 6.54. The van der Waals surface area contributed by atoms with E-state index >= 15 is 0 Å². The number of aromatic nitrogens is 2. The molecule has 2 aliphatic heterocycles. The van der Waals surface area contributed by atoms with Gasteiger partial charge in [0.15, 0.2) is 0 Å². The number of alkyl halides is 6. The first-order valence-electron chi connectivity index (χ1n) is 12.7. The molecule has 2 saturated heterocycles. The summed E-state index contributed by atoms with van der Waals surface area (Å²) in [5, 5.41) is 10.5. The third kappa shape index (κ3) is 10.6. The van der Waals surface area contributed by atoms with Gasteiger partial charge in [0.05, 0.1) is 29.6 Å². The molecule has 0 bridgehead atoms. The molecule has 0 radical (unpaired) electrons. The fraction of sp³-hybridized carbons (Fsp3) is 0.583. The van der Waals surface area contributed by atoms with E-state index in [9.17, 15) is 36.5 Å². The van der Waals surface area contributed by atoms with Crippen LogP contribution in [0.1, 0.15) is 12.8 Å². The van der Waals surface area contributed by atoms with Crippen LogP contribution in [0.15, 0.2) is 36.7 Å². The van der Waals surface area contributed by atoms with Crippen LogP contribution in [0, 0.1) is 10.1 Å². The lowest BCUT2D eigenvalue weighted by Crippen LogP contribution is -2.47. The van der Waals surface area contributed by atoms with E-state index in [2.05, 4.69) is 14.9 Å². The van der Waals surface area contributed by atoms with Gasteiger partial charge in [0.25, 0.3) is 5.69 Å². The Balaban J connectivity index is 0.000000222. The van der Waals surface area contributed by atoms with Crippen molar-refractivity contribution in [2.24, 2.45) is 0 Å². The fourth-order valence-electron chi connectivity index (χ4n) is 4.23. The van der Waals surface area contributed by atoms with Crippen LogP contribution in [0.25, 0.3) is 0 Å². The van der Waals surface area contributed by atoms with E-state index in [0.717, 1.165) is 5.82 Å². The number of nitro groups is 1. The quantitative estimate of drug-likeness (QED) is 0.298. The second-order valence-electron chi connectivity index (χ2n) is 9.47. The van der Waals surface area contributed by atoms with E-state index in [1.165, 1.54) is 12.3 Å². The van der Waals surface area contributed by atoms with E-state index in [4.69, 9.17) is 5.73 Å². The molecule has 40 heavy (non-hydrogen) atoms. The molecule has 2 N–H and O–H groups in total. The number of halogens is 6. The Morgan fingerprint density at radius 1 is 0.725 bits per heavy atom. The van der Waals surface area contributed by atoms with Crippen molar-refractivity contribution in [1.82, 2.24) is 19.8 Å². The van der Waals surface area contributed by atoms with Gasteiger partial charge < -0.3 is 15.5 Å². The molecule has 0 spiro atoms. The third-order valence-corrected chi connectivity index (χ3v) is 6.53. The van der Waals surface area contributed by atoms with Gasteiger partial charge >= 0.3 is 12.4 Å². The maximum Gasteiger partial charge on any atom is 0.390 e.